The van der Waals surface area contributed by atoms with Gasteiger partial charge in [0.2, 0.25) is 0 Å². The third-order valence-corrected chi connectivity index (χ3v) is 5.94. The Kier molecular flexibility index (Phi) is 6.57. The first-order valence-corrected chi connectivity index (χ1v) is 10.3. The Labute approximate surface area is 165 Å². The molecule has 0 radical (unpaired) electrons. The van der Waals surface area contributed by atoms with Crippen LogP contribution in [0.2, 0.25) is 0 Å². The van der Waals surface area contributed by atoms with E-state index in [1.165, 1.54) is 0 Å². The molecule has 27 heavy (non-hydrogen) atoms. The number of rotatable bonds is 7. The van der Waals surface area contributed by atoms with Crippen molar-refractivity contribution in [2.24, 2.45) is 0 Å². The number of ether oxygens (including phenoxy) is 1. The van der Waals surface area contributed by atoms with Crippen LogP contribution < -0.4 is 0 Å². The van der Waals surface area contributed by atoms with Crippen molar-refractivity contribution >= 4 is 23.2 Å². The predicted octanol–water partition coefficient (Wildman–Crippen LogP) is 2.64. The third kappa shape index (κ3) is 4.20. The number of hydrogen-bond donors (Lipinski definition) is 0. The molecule has 2 aliphatic heterocycles. The lowest BCUT2D eigenvalue weighted by molar-refractivity contribution is 0.0298. The van der Waals surface area contributed by atoms with Crippen molar-refractivity contribution in [1.29, 1.82) is 0 Å². The molecule has 0 bridgehead atoms. The number of aryl methyl sites for hydroxylation is 1. The molecule has 7 heteroatoms. The molecule has 3 heterocycles. The number of fused-ring (bicyclic) bond motifs is 1. The highest BCUT2D eigenvalue weighted by Gasteiger charge is 2.31. The van der Waals surface area contributed by atoms with Gasteiger partial charge in [0.15, 0.2) is 5.69 Å². The first kappa shape index (κ1) is 19.9. The summed E-state index contributed by atoms with van der Waals surface area (Å²) < 4.78 is 7.37. The molecule has 1 amide bonds. The fourth-order valence-corrected chi connectivity index (χ4v) is 4.46. The van der Waals surface area contributed by atoms with Gasteiger partial charge in [0.05, 0.1) is 18.9 Å². The lowest BCUT2D eigenvalue weighted by Gasteiger charge is -2.26. The number of aromatic nitrogens is 2. The van der Waals surface area contributed by atoms with Crippen LogP contribution >= 0.6 is 11.8 Å². The van der Waals surface area contributed by atoms with Gasteiger partial charge in [-0.15, -0.1) is 11.8 Å². The Bertz CT molecular complexity index is 760. The molecule has 1 saturated heterocycles. The number of nitrogens with zero attached hydrogens (tertiary/aromatic N) is 4. The molecule has 1 aromatic rings. The second-order valence-corrected chi connectivity index (χ2v) is 7.95. The molecule has 1 fully saturated rings. The van der Waals surface area contributed by atoms with E-state index < -0.39 is 0 Å². The Hall–Kier alpha value is -1.83. The Morgan fingerprint density at radius 2 is 2.04 bits per heavy atom. The summed E-state index contributed by atoms with van der Waals surface area (Å²) in [6.07, 6.45) is 4.69. The van der Waals surface area contributed by atoms with E-state index in [-0.39, 0.29) is 5.91 Å². The Morgan fingerprint density at radius 3 is 2.67 bits per heavy atom. The van der Waals surface area contributed by atoms with Gasteiger partial charge in [-0.3, -0.25) is 9.48 Å². The van der Waals surface area contributed by atoms with E-state index >= 15 is 0 Å². The van der Waals surface area contributed by atoms with Crippen LogP contribution in [0.25, 0.3) is 5.57 Å². The topological polar surface area (TPSA) is 50.6 Å². The number of carbonyl (C=O) groups is 1. The second kappa shape index (κ2) is 8.91. The summed E-state index contributed by atoms with van der Waals surface area (Å²) in [6, 6.07) is 0. The summed E-state index contributed by atoms with van der Waals surface area (Å²) in [6.45, 7) is 12.1. The van der Waals surface area contributed by atoms with Crippen LogP contribution in [0.5, 0.6) is 0 Å². The zero-order chi connectivity index (χ0) is 19.4. The zero-order valence-corrected chi connectivity index (χ0v) is 17.1. The quantitative estimate of drug-likeness (QED) is 0.719. The van der Waals surface area contributed by atoms with Gasteiger partial charge < -0.3 is 14.5 Å². The standard InChI is InChI=1S/C20H28N4O2S/c1-5-15-17(6-2)27-14-16-18(20(25)23-10-12-26-13-11-23)21-24(19(15)16)9-7-8-22(3)4/h5-6H,1-2,7-14H2,3-4H3. The van der Waals surface area contributed by atoms with E-state index in [9.17, 15) is 4.79 Å². The van der Waals surface area contributed by atoms with Gasteiger partial charge in [-0.1, -0.05) is 25.3 Å². The Morgan fingerprint density at radius 1 is 1.30 bits per heavy atom. The average Bonchev–Trinajstić information content (AvgIpc) is 3.05. The van der Waals surface area contributed by atoms with Crippen LogP contribution in [-0.2, 0) is 17.0 Å². The minimum Gasteiger partial charge on any atom is -0.378 e. The molecular weight excluding hydrogens is 360 g/mol. The van der Waals surface area contributed by atoms with E-state index in [1.807, 2.05) is 21.7 Å². The normalized spacial score (nSPS) is 17.2. The number of carbonyl (C=O) groups excluding carboxylic acids is 1. The van der Waals surface area contributed by atoms with Crippen molar-refractivity contribution in [3.63, 3.8) is 0 Å². The molecule has 0 unspecified atom stereocenters. The maximum absolute atomic E-state index is 13.1. The van der Waals surface area contributed by atoms with Gasteiger partial charge in [0.25, 0.3) is 5.91 Å². The highest BCUT2D eigenvalue weighted by Crippen LogP contribution is 2.40. The minimum absolute atomic E-state index is 0.00646. The van der Waals surface area contributed by atoms with Gasteiger partial charge in [-0.05, 0) is 27.1 Å². The monoisotopic (exact) mass is 388 g/mol. The fraction of sp³-hybridized carbons (Fsp3) is 0.500. The molecule has 6 nitrogen and oxygen atoms in total. The molecule has 0 saturated carbocycles. The SMILES string of the molecule is C=CC1=C(C=C)c2c(c(C(=O)N3CCOCC3)nn2CCCN(C)C)CS1. The van der Waals surface area contributed by atoms with Gasteiger partial charge in [0, 0.05) is 41.4 Å². The molecule has 1 aromatic heterocycles. The smallest absolute Gasteiger partial charge is 0.274 e. The zero-order valence-electron chi connectivity index (χ0n) is 16.2. The van der Waals surface area contributed by atoms with Crippen molar-refractivity contribution in [1.82, 2.24) is 19.6 Å². The van der Waals surface area contributed by atoms with Crippen LogP contribution in [0, 0.1) is 0 Å². The van der Waals surface area contributed by atoms with Gasteiger partial charge in [-0.25, -0.2) is 0 Å². The third-order valence-electron chi connectivity index (χ3n) is 4.81. The molecule has 0 atom stereocenters. The highest BCUT2D eigenvalue weighted by molar-refractivity contribution is 8.02. The van der Waals surface area contributed by atoms with Gasteiger partial charge >= 0.3 is 0 Å². The van der Waals surface area contributed by atoms with Crippen LogP contribution in [0.1, 0.15) is 28.2 Å². The van der Waals surface area contributed by atoms with Crippen LogP contribution in [0.4, 0.5) is 0 Å². The van der Waals surface area contributed by atoms with Crippen molar-refractivity contribution in [3.8, 4) is 0 Å². The molecule has 0 N–H and O–H groups in total. The number of hydrogen-bond acceptors (Lipinski definition) is 5. The highest BCUT2D eigenvalue weighted by atomic mass is 32.2. The van der Waals surface area contributed by atoms with Crippen LogP contribution in [0.15, 0.2) is 30.2 Å². The van der Waals surface area contributed by atoms with E-state index in [2.05, 4.69) is 32.2 Å². The molecule has 0 spiro atoms. The number of morpholine rings is 1. The summed E-state index contributed by atoms with van der Waals surface area (Å²) in [5, 5.41) is 4.77. The van der Waals surface area contributed by atoms with Crippen molar-refractivity contribution in [2.75, 3.05) is 46.9 Å². The summed E-state index contributed by atoms with van der Waals surface area (Å²) in [7, 11) is 4.13. The van der Waals surface area contributed by atoms with E-state index in [0.29, 0.717) is 32.0 Å². The summed E-state index contributed by atoms with van der Waals surface area (Å²) in [5.41, 5.74) is 3.64. The van der Waals surface area contributed by atoms with Crippen LogP contribution in [0.3, 0.4) is 0 Å². The number of allylic oxidation sites excluding steroid dienone is 3. The summed E-state index contributed by atoms with van der Waals surface area (Å²) >= 11 is 1.69. The summed E-state index contributed by atoms with van der Waals surface area (Å²) in [5.74, 6) is 0.736. The van der Waals surface area contributed by atoms with Crippen molar-refractivity contribution in [3.05, 3.63) is 47.2 Å². The maximum atomic E-state index is 13.1. The molecule has 0 aromatic carbocycles. The molecular formula is C20H28N4O2S. The van der Waals surface area contributed by atoms with E-state index in [0.717, 1.165) is 47.0 Å². The van der Waals surface area contributed by atoms with E-state index in [4.69, 9.17) is 9.84 Å². The minimum atomic E-state index is 0.00646. The van der Waals surface area contributed by atoms with Gasteiger partial charge in [-0.2, -0.15) is 5.10 Å². The summed E-state index contributed by atoms with van der Waals surface area (Å²) in [4.78, 5) is 18.2. The fourth-order valence-electron chi connectivity index (χ4n) is 3.43. The molecule has 0 aliphatic carbocycles. The van der Waals surface area contributed by atoms with Crippen LogP contribution in [-0.4, -0.2) is 72.4 Å². The van der Waals surface area contributed by atoms with E-state index in [1.54, 1.807) is 11.8 Å². The van der Waals surface area contributed by atoms with Crippen molar-refractivity contribution in [2.45, 2.75) is 18.7 Å². The predicted molar refractivity (Wildman–Crippen MR) is 111 cm³/mol. The number of thioether (sulfide) groups is 1. The first-order valence-electron chi connectivity index (χ1n) is 9.30. The first-order chi connectivity index (χ1) is 13.1. The average molecular weight is 389 g/mol. The molecule has 146 valence electrons. The molecule has 2 aliphatic rings. The molecule has 3 rings (SSSR count). The van der Waals surface area contributed by atoms with Crippen molar-refractivity contribution < 1.29 is 9.53 Å². The van der Waals surface area contributed by atoms with Gasteiger partial charge in [0.1, 0.15) is 0 Å². The lowest BCUT2D eigenvalue weighted by Crippen LogP contribution is -2.41. The second-order valence-electron chi connectivity index (χ2n) is 6.94. The Balaban J connectivity index is 1.99. The number of amides is 1. The largest absolute Gasteiger partial charge is 0.378 e. The lowest BCUT2D eigenvalue weighted by atomic mass is 10.0. The maximum Gasteiger partial charge on any atom is 0.274 e.